The Kier molecular flexibility index (Phi) is 6.40. The molecule has 1 aliphatic carbocycles. The van der Waals surface area contributed by atoms with Crippen molar-refractivity contribution in [3.63, 3.8) is 0 Å². The lowest BCUT2D eigenvalue weighted by Crippen LogP contribution is -2.34. The van der Waals surface area contributed by atoms with E-state index in [0.717, 1.165) is 23.6 Å². The van der Waals surface area contributed by atoms with E-state index >= 15 is 0 Å². The van der Waals surface area contributed by atoms with Gasteiger partial charge in [-0.15, -0.1) is 0 Å². The van der Waals surface area contributed by atoms with E-state index in [2.05, 4.69) is 31.7 Å². The molecular formula is C22H22BrF3N4O3S. The van der Waals surface area contributed by atoms with E-state index in [0.29, 0.717) is 27.8 Å². The van der Waals surface area contributed by atoms with Gasteiger partial charge in [0.25, 0.3) is 5.91 Å². The van der Waals surface area contributed by atoms with Crippen molar-refractivity contribution in [2.24, 2.45) is 7.05 Å². The van der Waals surface area contributed by atoms with Gasteiger partial charge in [-0.1, -0.05) is 15.9 Å². The van der Waals surface area contributed by atoms with E-state index in [4.69, 9.17) is 0 Å². The van der Waals surface area contributed by atoms with E-state index in [-0.39, 0.29) is 17.5 Å². The smallest absolute Gasteiger partial charge is 0.369 e. The molecule has 0 spiro atoms. The molecule has 1 fully saturated rings. The van der Waals surface area contributed by atoms with Crippen LogP contribution in [0.15, 0.2) is 40.9 Å². The summed E-state index contributed by atoms with van der Waals surface area (Å²) in [6, 6.07) is 10.3. The molecule has 1 atom stereocenters. The fraction of sp³-hybridized carbons (Fsp3) is 0.364. The number of alkyl halides is 3. The minimum absolute atomic E-state index is 0.0700. The molecule has 0 aliphatic heterocycles. The molecule has 1 aromatic heterocycles. The summed E-state index contributed by atoms with van der Waals surface area (Å²) in [6.45, 7) is 0. The van der Waals surface area contributed by atoms with Crippen LogP contribution in [0, 0.1) is 0 Å². The number of sulfone groups is 1. The Labute approximate surface area is 202 Å². The number of carbonyl (C=O) groups excluding carboxylic acids is 1. The highest BCUT2D eigenvalue weighted by molar-refractivity contribution is 9.10. The standard InChI is InChI=1S/C22H22BrF3N4O3S/c1-30-20(21(31)27-14-7-5-13(23)6-8-14)16-9-15(12-3-4-12)17(10-18(16)29-30)28-19(34(2,32)33)11-22(24,25)26/h5-10,12,19,28H,3-4,11H2,1-2H3,(H,27,31). The number of fused-ring (bicyclic) bond motifs is 1. The summed E-state index contributed by atoms with van der Waals surface area (Å²) in [4.78, 5) is 13.0. The second-order valence-electron chi connectivity index (χ2n) is 8.45. The Morgan fingerprint density at radius 2 is 1.88 bits per heavy atom. The summed E-state index contributed by atoms with van der Waals surface area (Å²) < 4.78 is 65.6. The van der Waals surface area contributed by atoms with Crippen molar-refractivity contribution in [3.8, 4) is 0 Å². The predicted octanol–water partition coefficient (Wildman–Crippen LogP) is 5.20. The van der Waals surface area contributed by atoms with Gasteiger partial charge in [0.2, 0.25) is 0 Å². The zero-order valence-corrected chi connectivity index (χ0v) is 20.7. The summed E-state index contributed by atoms with van der Waals surface area (Å²) in [6.07, 6.45) is -3.75. The van der Waals surface area contributed by atoms with Crippen LogP contribution < -0.4 is 10.6 Å². The number of benzene rings is 2. The molecule has 1 amide bonds. The topological polar surface area (TPSA) is 93.1 Å². The highest BCUT2D eigenvalue weighted by atomic mass is 79.9. The number of nitrogens with zero attached hydrogens (tertiary/aromatic N) is 2. The average molecular weight is 559 g/mol. The van der Waals surface area contributed by atoms with Gasteiger partial charge in [-0.05, 0) is 60.7 Å². The lowest BCUT2D eigenvalue weighted by molar-refractivity contribution is -0.133. The van der Waals surface area contributed by atoms with Crippen LogP contribution in [0.25, 0.3) is 10.9 Å². The number of hydrogen-bond acceptors (Lipinski definition) is 5. The summed E-state index contributed by atoms with van der Waals surface area (Å²) in [7, 11) is -2.45. The molecule has 0 bridgehead atoms. The first-order valence-corrected chi connectivity index (χ1v) is 13.2. The molecule has 12 heteroatoms. The summed E-state index contributed by atoms with van der Waals surface area (Å²) in [5, 5.41) is 8.48. The van der Waals surface area contributed by atoms with Gasteiger partial charge in [-0.25, -0.2) is 8.42 Å². The number of amides is 1. The number of aryl methyl sites for hydroxylation is 1. The third kappa shape index (κ3) is 5.54. The molecule has 2 N–H and O–H groups in total. The normalized spacial score (nSPS) is 15.4. The number of aromatic nitrogens is 2. The largest absolute Gasteiger partial charge is 0.392 e. The van der Waals surface area contributed by atoms with Crippen molar-refractivity contribution in [3.05, 3.63) is 52.1 Å². The number of hydrogen-bond donors (Lipinski definition) is 2. The highest BCUT2D eigenvalue weighted by Crippen LogP contribution is 2.45. The van der Waals surface area contributed by atoms with Crippen molar-refractivity contribution in [1.82, 2.24) is 9.78 Å². The molecule has 182 valence electrons. The first-order chi connectivity index (χ1) is 15.8. The molecule has 0 radical (unpaired) electrons. The lowest BCUT2D eigenvalue weighted by Gasteiger charge is -2.21. The molecule has 2 aromatic carbocycles. The second-order valence-corrected chi connectivity index (χ2v) is 11.6. The van der Waals surface area contributed by atoms with Crippen LogP contribution in [0.2, 0.25) is 0 Å². The Bertz CT molecular complexity index is 1350. The summed E-state index contributed by atoms with van der Waals surface area (Å²) in [5.41, 5.74) is 2.21. The van der Waals surface area contributed by atoms with Crippen LogP contribution in [-0.2, 0) is 16.9 Å². The van der Waals surface area contributed by atoms with Crippen molar-refractivity contribution in [2.45, 2.75) is 36.7 Å². The fourth-order valence-corrected chi connectivity index (χ4v) is 4.90. The fourth-order valence-electron chi connectivity index (χ4n) is 3.81. The maximum absolute atomic E-state index is 13.0. The number of anilines is 2. The van der Waals surface area contributed by atoms with Crippen molar-refractivity contribution < 1.29 is 26.4 Å². The Hall–Kier alpha value is -2.60. The monoisotopic (exact) mass is 558 g/mol. The van der Waals surface area contributed by atoms with E-state index < -0.39 is 27.8 Å². The van der Waals surface area contributed by atoms with Gasteiger partial charge in [-0.3, -0.25) is 9.48 Å². The average Bonchev–Trinajstić information content (AvgIpc) is 3.49. The predicted molar refractivity (Wildman–Crippen MR) is 128 cm³/mol. The van der Waals surface area contributed by atoms with Gasteiger partial charge in [0.05, 0.1) is 11.9 Å². The first-order valence-electron chi connectivity index (χ1n) is 10.4. The molecule has 1 unspecified atom stereocenters. The summed E-state index contributed by atoms with van der Waals surface area (Å²) in [5.74, 6) is -0.318. The SMILES string of the molecule is Cn1nc2cc(NC(CC(F)(F)F)S(C)(=O)=O)c(C3CC3)cc2c1C(=O)Nc1ccc(Br)cc1. The molecular weight excluding hydrogens is 537 g/mol. The van der Waals surface area contributed by atoms with E-state index in [1.807, 2.05) is 0 Å². The van der Waals surface area contributed by atoms with Crippen LogP contribution in [0.4, 0.5) is 24.5 Å². The summed E-state index contributed by atoms with van der Waals surface area (Å²) >= 11 is 3.34. The molecule has 1 heterocycles. The van der Waals surface area contributed by atoms with Crippen LogP contribution in [0.1, 0.15) is 41.2 Å². The third-order valence-corrected chi connectivity index (χ3v) is 7.44. The Balaban J connectivity index is 1.73. The number of carbonyl (C=O) groups is 1. The number of halogens is 4. The van der Waals surface area contributed by atoms with Gasteiger partial charge < -0.3 is 10.6 Å². The van der Waals surface area contributed by atoms with Gasteiger partial charge in [0.15, 0.2) is 9.84 Å². The van der Waals surface area contributed by atoms with Crippen molar-refractivity contribution in [2.75, 3.05) is 16.9 Å². The molecule has 4 rings (SSSR count). The quantitative estimate of drug-likeness (QED) is 0.415. The highest BCUT2D eigenvalue weighted by Gasteiger charge is 2.38. The van der Waals surface area contributed by atoms with Crippen molar-refractivity contribution in [1.29, 1.82) is 0 Å². The minimum atomic E-state index is -4.66. The van der Waals surface area contributed by atoms with Gasteiger partial charge in [0, 0.05) is 34.5 Å². The molecule has 34 heavy (non-hydrogen) atoms. The first kappa shape index (κ1) is 24.5. The van der Waals surface area contributed by atoms with E-state index in [1.165, 1.54) is 10.7 Å². The zero-order valence-electron chi connectivity index (χ0n) is 18.3. The van der Waals surface area contributed by atoms with Crippen LogP contribution >= 0.6 is 15.9 Å². The molecule has 1 aliphatic rings. The number of rotatable bonds is 7. The van der Waals surface area contributed by atoms with Crippen LogP contribution in [0.5, 0.6) is 0 Å². The van der Waals surface area contributed by atoms with Gasteiger partial charge >= 0.3 is 6.18 Å². The molecule has 0 saturated heterocycles. The van der Waals surface area contributed by atoms with Crippen molar-refractivity contribution >= 4 is 54.0 Å². The maximum atomic E-state index is 13.0. The van der Waals surface area contributed by atoms with E-state index in [1.54, 1.807) is 37.4 Å². The van der Waals surface area contributed by atoms with E-state index in [9.17, 15) is 26.4 Å². The van der Waals surface area contributed by atoms with Crippen LogP contribution in [-0.4, -0.2) is 41.9 Å². The molecule has 7 nitrogen and oxygen atoms in total. The Morgan fingerprint density at radius 1 is 1.24 bits per heavy atom. The molecule has 1 saturated carbocycles. The van der Waals surface area contributed by atoms with Gasteiger partial charge in [0.1, 0.15) is 11.1 Å². The van der Waals surface area contributed by atoms with Gasteiger partial charge in [-0.2, -0.15) is 18.3 Å². The van der Waals surface area contributed by atoms with Crippen LogP contribution in [0.3, 0.4) is 0 Å². The number of nitrogens with one attached hydrogen (secondary N) is 2. The minimum Gasteiger partial charge on any atom is -0.369 e. The molecule has 3 aromatic rings. The Morgan fingerprint density at radius 3 is 2.44 bits per heavy atom. The maximum Gasteiger partial charge on any atom is 0.392 e. The lowest BCUT2D eigenvalue weighted by atomic mass is 10.0. The second kappa shape index (κ2) is 8.88. The zero-order chi connectivity index (χ0) is 24.8. The third-order valence-electron chi connectivity index (χ3n) is 5.59.